The van der Waals surface area contributed by atoms with Gasteiger partial charge in [0, 0.05) is 5.92 Å². The molecule has 2 rings (SSSR count). The second kappa shape index (κ2) is 7.76. The molecule has 1 N–H and O–H groups in total. The Balaban J connectivity index is 2.53. The summed E-state index contributed by atoms with van der Waals surface area (Å²) in [5, 5.41) is 9.52. The molecule has 4 nitrogen and oxygen atoms in total. The SMILES string of the molecule is [C-]#[N+]c1ccc(C(CC(=O)OC)c2ccc(C)c(CO)c2)c(C)c1. The molecule has 2 aromatic rings. The Morgan fingerprint density at radius 1 is 1.21 bits per heavy atom. The summed E-state index contributed by atoms with van der Waals surface area (Å²) < 4.78 is 4.85. The van der Waals surface area contributed by atoms with Crippen LogP contribution in [0.3, 0.4) is 0 Å². The number of aliphatic hydroxyl groups excluding tert-OH is 1. The molecule has 0 saturated heterocycles. The summed E-state index contributed by atoms with van der Waals surface area (Å²) in [5.41, 5.74) is 5.33. The lowest BCUT2D eigenvalue weighted by atomic mass is 9.84. The van der Waals surface area contributed by atoms with Gasteiger partial charge in [0.05, 0.1) is 26.7 Å². The van der Waals surface area contributed by atoms with E-state index in [2.05, 4.69) is 4.85 Å². The predicted octanol–water partition coefficient (Wildman–Crippen LogP) is 4.04. The van der Waals surface area contributed by atoms with Gasteiger partial charge in [0.25, 0.3) is 0 Å². The zero-order chi connectivity index (χ0) is 17.7. The molecule has 0 aromatic heterocycles. The number of methoxy groups -OCH3 is 1. The monoisotopic (exact) mass is 323 g/mol. The lowest BCUT2D eigenvalue weighted by Crippen LogP contribution is -2.12. The van der Waals surface area contributed by atoms with E-state index in [0.717, 1.165) is 27.8 Å². The van der Waals surface area contributed by atoms with Gasteiger partial charge in [0.15, 0.2) is 5.69 Å². The van der Waals surface area contributed by atoms with E-state index in [-0.39, 0.29) is 24.9 Å². The molecule has 0 aliphatic carbocycles. The number of hydrogen-bond acceptors (Lipinski definition) is 3. The van der Waals surface area contributed by atoms with Gasteiger partial charge in [-0.15, -0.1) is 0 Å². The predicted molar refractivity (Wildman–Crippen MR) is 93.0 cm³/mol. The number of benzene rings is 2. The summed E-state index contributed by atoms with van der Waals surface area (Å²) >= 11 is 0. The van der Waals surface area contributed by atoms with Gasteiger partial charge in [-0.2, -0.15) is 0 Å². The van der Waals surface area contributed by atoms with E-state index in [4.69, 9.17) is 11.3 Å². The van der Waals surface area contributed by atoms with Crippen LogP contribution < -0.4 is 0 Å². The highest BCUT2D eigenvalue weighted by Crippen LogP contribution is 2.33. The van der Waals surface area contributed by atoms with E-state index in [1.807, 2.05) is 44.2 Å². The standard InChI is InChI=1S/C20H21NO3/c1-13-5-6-15(10-16(13)12-22)19(11-20(23)24-4)18-8-7-17(21-3)9-14(18)2/h5-10,19,22H,11-12H2,1-2,4H3. The molecule has 0 spiro atoms. The van der Waals surface area contributed by atoms with Gasteiger partial charge in [-0.3, -0.25) is 4.79 Å². The molecule has 0 heterocycles. The molecular weight excluding hydrogens is 302 g/mol. The fourth-order valence-corrected chi connectivity index (χ4v) is 2.86. The van der Waals surface area contributed by atoms with Crippen LogP contribution >= 0.6 is 0 Å². The lowest BCUT2D eigenvalue weighted by Gasteiger charge is -2.20. The summed E-state index contributed by atoms with van der Waals surface area (Å²) in [6.07, 6.45) is 0.211. The Morgan fingerprint density at radius 3 is 2.54 bits per heavy atom. The van der Waals surface area contributed by atoms with E-state index in [1.54, 1.807) is 6.07 Å². The number of aryl methyl sites for hydroxylation is 2. The second-order valence-electron chi connectivity index (χ2n) is 5.83. The van der Waals surface area contributed by atoms with Crippen molar-refractivity contribution in [3.8, 4) is 0 Å². The number of nitrogens with zero attached hydrogens (tertiary/aromatic N) is 1. The molecule has 0 amide bonds. The maximum absolute atomic E-state index is 11.9. The van der Waals surface area contributed by atoms with Crippen LogP contribution in [-0.4, -0.2) is 18.2 Å². The van der Waals surface area contributed by atoms with E-state index in [1.165, 1.54) is 7.11 Å². The third-order valence-corrected chi connectivity index (χ3v) is 4.30. The molecular formula is C20H21NO3. The first-order chi connectivity index (χ1) is 11.5. The van der Waals surface area contributed by atoms with E-state index < -0.39 is 0 Å². The topological polar surface area (TPSA) is 50.9 Å². The lowest BCUT2D eigenvalue weighted by molar-refractivity contribution is -0.140. The maximum atomic E-state index is 11.9. The summed E-state index contributed by atoms with van der Waals surface area (Å²) in [6.45, 7) is 11.0. The number of rotatable bonds is 5. The van der Waals surface area contributed by atoms with Gasteiger partial charge in [-0.1, -0.05) is 42.0 Å². The van der Waals surface area contributed by atoms with Crippen LogP contribution in [0.25, 0.3) is 4.85 Å². The Morgan fingerprint density at radius 2 is 1.96 bits per heavy atom. The van der Waals surface area contributed by atoms with Gasteiger partial charge < -0.3 is 9.84 Å². The average molecular weight is 323 g/mol. The zero-order valence-corrected chi connectivity index (χ0v) is 14.2. The number of carbonyl (C=O) groups excluding carboxylic acids is 1. The van der Waals surface area contributed by atoms with Crippen LogP contribution in [0.4, 0.5) is 5.69 Å². The van der Waals surface area contributed by atoms with Crippen LogP contribution in [0.2, 0.25) is 0 Å². The molecule has 0 saturated carbocycles. The fourth-order valence-electron chi connectivity index (χ4n) is 2.86. The van der Waals surface area contributed by atoms with Crippen molar-refractivity contribution >= 4 is 11.7 Å². The van der Waals surface area contributed by atoms with E-state index in [0.29, 0.717) is 5.69 Å². The highest BCUT2D eigenvalue weighted by molar-refractivity contribution is 5.71. The first-order valence-corrected chi connectivity index (χ1v) is 7.75. The summed E-state index contributed by atoms with van der Waals surface area (Å²) in [5.74, 6) is -0.470. The van der Waals surface area contributed by atoms with Crippen molar-refractivity contribution in [2.45, 2.75) is 32.8 Å². The minimum atomic E-state index is -0.292. The van der Waals surface area contributed by atoms with Crippen LogP contribution in [0.5, 0.6) is 0 Å². The minimum Gasteiger partial charge on any atom is -0.469 e. The molecule has 4 heteroatoms. The van der Waals surface area contributed by atoms with Crippen LogP contribution in [0.1, 0.15) is 40.2 Å². The molecule has 1 atom stereocenters. The molecule has 0 bridgehead atoms. The van der Waals surface area contributed by atoms with Crippen LogP contribution in [-0.2, 0) is 16.1 Å². The largest absolute Gasteiger partial charge is 0.469 e. The molecule has 0 aliphatic heterocycles. The normalized spacial score (nSPS) is 11.6. The minimum absolute atomic E-state index is 0.0414. The number of ether oxygens (including phenoxy) is 1. The number of aliphatic hydroxyl groups is 1. The molecule has 124 valence electrons. The Hall–Kier alpha value is -2.64. The first-order valence-electron chi connectivity index (χ1n) is 7.75. The molecule has 0 fully saturated rings. The van der Waals surface area contributed by atoms with Crippen molar-refractivity contribution in [3.63, 3.8) is 0 Å². The van der Waals surface area contributed by atoms with Crippen molar-refractivity contribution in [3.05, 3.63) is 75.6 Å². The van der Waals surface area contributed by atoms with Crippen molar-refractivity contribution < 1.29 is 14.6 Å². The summed E-state index contributed by atoms with van der Waals surface area (Å²) in [4.78, 5) is 15.4. The molecule has 1 unspecified atom stereocenters. The third kappa shape index (κ3) is 3.81. The van der Waals surface area contributed by atoms with E-state index in [9.17, 15) is 9.90 Å². The summed E-state index contributed by atoms with van der Waals surface area (Å²) in [6, 6.07) is 11.4. The van der Waals surface area contributed by atoms with Gasteiger partial charge in [0.2, 0.25) is 0 Å². The number of carbonyl (C=O) groups is 1. The van der Waals surface area contributed by atoms with Gasteiger partial charge in [-0.05, 0) is 36.1 Å². The molecule has 24 heavy (non-hydrogen) atoms. The third-order valence-electron chi connectivity index (χ3n) is 4.30. The Bertz CT molecular complexity index is 790. The van der Waals surface area contributed by atoms with Crippen molar-refractivity contribution in [1.82, 2.24) is 0 Å². The van der Waals surface area contributed by atoms with Crippen LogP contribution in [0, 0.1) is 20.4 Å². The smallest absolute Gasteiger partial charge is 0.306 e. The highest BCUT2D eigenvalue weighted by atomic mass is 16.5. The maximum Gasteiger partial charge on any atom is 0.306 e. The van der Waals surface area contributed by atoms with Crippen LogP contribution in [0.15, 0.2) is 36.4 Å². The molecule has 0 radical (unpaired) electrons. The van der Waals surface area contributed by atoms with Gasteiger partial charge in [-0.25, -0.2) is 4.85 Å². The molecule has 2 aromatic carbocycles. The van der Waals surface area contributed by atoms with Gasteiger partial charge >= 0.3 is 5.97 Å². The number of esters is 1. The Labute approximate surface area is 142 Å². The quantitative estimate of drug-likeness (QED) is 0.667. The molecule has 0 aliphatic rings. The van der Waals surface area contributed by atoms with Gasteiger partial charge in [0.1, 0.15) is 0 Å². The van der Waals surface area contributed by atoms with Crippen molar-refractivity contribution in [2.24, 2.45) is 0 Å². The Kier molecular flexibility index (Phi) is 5.73. The summed E-state index contributed by atoms with van der Waals surface area (Å²) in [7, 11) is 1.38. The highest BCUT2D eigenvalue weighted by Gasteiger charge is 2.21. The fraction of sp³-hybridized carbons (Fsp3) is 0.300. The zero-order valence-electron chi connectivity index (χ0n) is 14.2. The second-order valence-corrected chi connectivity index (χ2v) is 5.83. The van der Waals surface area contributed by atoms with E-state index >= 15 is 0 Å². The van der Waals surface area contributed by atoms with Crippen molar-refractivity contribution in [1.29, 1.82) is 0 Å². The average Bonchev–Trinajstić information content (AvgIpc) is 2.60. The first kappa shape index (κ1) is 17.7. The number of hydrogen-bond donors (Lipinski definition) is 1. The van der Waals surface area contributed by atoms with Crippen molar-refractivity contribution in [2.75, 3.05) is 7.11 Å².